The van der Waals surface area contributed by atoms with Gasteiger partial charge in [-0.05, 0) is 60.9 Å². The van der Waals surface area contributed by atoms with E-state index in [4.69, 9.17) is 0 Å². The third-order valence-corrected chi connectivity index (χ3v) is 17.6. The Balaban J connectivity index is 1.13. The number of hydrogen-bond donors (Lipinski definition) is 14. The van der Waals surface area contributed by atoms with Crippen molar-refractivity contribution in [3.8, 4) is 0 Å². The predicted octanol–water partition coefficient (Wildman–Crippen LogP) is -2.88. The SMILES string of the molecule is CC[C@H](C)[C@@H]1NC(=O)CNC(=O)[C@H]2Cc3c([nH]c4ccccc34)SC[C@H](NC(=O)CNC1=O)C(=O)N[C@@H](CC(=O)NCc1ccc(NC(=O)[C@H](C)NC(=O)C(NC(=O)CCN3C(=O)C=CC3=O)C(C)C)cc1)C(=O)N1CCC[C@H]1C(=O)N[C@@H]([C@@H](C)[C@@H](O)CO)C(=O)N2. The number of rotatable bonds is 18. The summed E-state index contributed by atoms with van der Waals surface area (Å²) < 4.78 is 0. The molecular formula is C61H80N14O16S. The van der Waals surface area contributed by atoms with Gasteiger partial charge in [-0.3, -0.25) is 72.0 Å². The van der Waals surface area contributed by atoms with Gasteiger partial charge in [0, 0.05) is 72.9 Å². The number of aromatic amines is 1. The van der Waals surface area contributed by atoms with E-state index in [1.807, 2.05) is 0 Å². The molecule has 0 aliphatic carbocycles. The Morgan fingerprint density at radius 2 is 1.39 bits per heavy atom. The number of benzene rings is 2. The molecule has 31 heteroatoms. The van der Waals surface area contributed by atoms with Crippen molar-refractivity contribution in [3.63, 3.8) is 0 Å². The second-order valence-electron chi connectivity index (χ2n) is 23.5. The number of anilines is 1. The third kappa shape index (κ3) is 18.3. The van der Waals surface area contributed by atoms with E-state index in [-0.39, 0.29) is 51.1 Å². The molecule has 14 N–H and O–H groups in total. The van der Waals surface area contributed by atoms with Gasteiger partial charge >= 0.3 is 0 Å². The molecular weight excluding hydrogens is 1220 g/mol. The fraction of sp³-hybridized carbons (Fsp3) is 0.508. The number of hydrogen-bond acceptors (Lipinski definition) is 17. The maximum Gasteiger partial charge on any atom is 0.253 e. The Labute approximate surface area is 533 Å². The molecule has 14 amide bonds. The van der Waals surface area contributed by atoms with Crippen LogP contribution in [0.4, 0.5) is 5.69 Å². The second-order valence-corrected chi connectivity index (χ2v) is 24.5. The molecule has 0 radical (unpaired) electrons. The molecule has 4 aliphatic rings. The summed E-state index contributed by atoms with van der Waals surface area (Å²) in [7, 11) is 0. The Kier molecular flexibility index (Phi) is 24.6. The van der Waals surface area contributed by atoms with E-state index in [1.165, 1.54) is 26.0 Å². The zero-order chi connectivity index (χ0) is 67.1. The van der Waals surface area contributed by atoms with Crippen LogP contribution in [-0.2, 0) is 80.1 Å². The molecule has 2 aromatic carbocycles. The van der Waals surface area contributed by atoms with Crippen molar-refractivity contribution in [2.45, 2.75) is 146 Å². The number of aliphatic hydroxyl groups is 2. The monoisotopic (exact) mass is 1300 g/mol. The van der Waals surface area contributed by atoms with Crippen molar-refractivity contribution >= 4 is 111 Å². The van der Waals surface area contributed by atoms with Gasteiger partial charge in [0.25, 0.3) is 11.8 Å². The molecule has 4 aliphatic heterocycles. The van der Waals surface area contributed by atoms with Gasteiger partial charge in [-0.25, -0.2) is 0 Å². The number of fused-ring (bicyclic) bond motifs is 5. The first kappa shape index (κ1) is 70.2. The van der Waals surface area contributed by atoms with Crippen molar-refractivity contribution < 1.29 is 77.3 Å². The number of thioether (sulfide) groups is 1. The van der Waals surface area contributed by atoms with Crippen LogP contribution in [0.3, 0.4) is 0 Å². The first-order valence-electron chi connectivity index (χ1n) is 30.4. The number of H-pyrrole nitrogens is 1. The molecule has 3 aromatic rings. The average Bonchev–Trinajstić information content (AvgIpc) is 1.64. The topological polar surface area (TPSA) is 434 Å². The largest absolute Gasteiger partial charge is 0.394 e. The molecule has 1 saturated heterocycles. The molecule has 11 atom stereocenters. The smallest absolute Gasteiger partial charge is 0.253 e. The van der Waals surface area contributed by atoms with Gasteiger partial charge in [0.1, 0.15) is 48.3 Å². The van der Waals surface area contributed by atoms with Crippen molar-refractivity contribution in [3.05, 3.63) is 71.8 Å². The molecule has 1 aromatic heterocycles. The molecule has 496 valence electrons. The first-order chi connectivity index (χ1) is 43.8. The van der Waals surface area contributed by atoms with Crippen LogP contribution in [0.15, 0.2) is 65.7 Å². The molecule has 2 bridgehead atoms. The van der Waals surface area contributed by atoms with Gasteiger partial charge in [0.05, 0.1) is 37.2 Å². The minimum atomic E-state index is -1.72. The normalized spacial score (nSPS) is 23.1. The first-order valence-corrected chi connectivity index (χ1v) is 31.4. The summed E-state index contributed by atoms with van der Waals surface area (Å²) in [5, 5.41) is 50.8. The highest BCUT2D eigenvalue weighted by molar-refractivity contribution is 7.99. The van der Waals surface area contributed by atoms with Gasteiger partial charge < -0.3 is 78.6 Å². The summed E-state index contributed by atoms with van der Waals surface area (Å²) in [5.41, 5.74) is 1.79. The number of para-hydroxylation sites is 1. The van der Waals surface area contributed by atoms with Crippen LogP contribution in [0.1, 0.15) is 84.8 Å². The number of nitrogens with zero attached hydrogens (tertiary/aromatic N) is 2. The van der Waals surface area contributed by atoms with Gasteiger partial charge in [0.15, 0.2) is 0 Å². The number of nitrogens with one attached hydrogen (secondary N) is 12. The van der Waals surface area contributed by atoms with Crippen LogP contribution < -0.4 is 58.5 Å². The Bertz CT molecular complexity index is 3340. The van der Waals surface area contributed by atoms with Gasteiger partial charge in [-0.15, -0.1) is 11.8 Å². The summed E-state index contributed by atoms with van der Waals surface area (Å²) >= 11 is 1.02. The van der Waals surface area contributed by atoms with E-state index < -0.39 is 181 Å². The van der Waals surface area contributed by atoms with Crippen LogP contribution >= 0.6 is 11.8 Å². The van der Waals surface area contributed by atoms with Crippen LogP contribution in [0.25, 0.3) is 10.9 Å². The summed E-state index contributed by atoms with van der Waals surface area (Å²) in [6.07, 6.45) is -0.0207. The maximum absolute atomic E-state index is 15.0. The number of carbonyl (C=O) groups excluding carboxylic acids is 14. The van der Waals surface area contributed by atoms with Gasteiger partial charge in [-0.1, -0.05) is 71.4 Å². The molecule has 0 saturated carbocycles. The molecule has 1 unspecified atom stereocenters. The van der Waals surface area contributed by atoms with E-state index in [9.17, 15) is 77.3 Å². The second kappa shape index (κ2) is 32.2. The van der Waals surface area contributed by atoms with Gasteiger partial charge in [-0.2, -0.15) is 0 Å². The van der Waals surface area contributed by atoms with Crippen molar-refractivity contribution in [1.82, 2.24) is 68.0 Å². The lowest BCUT2D eigenvalue weighted by Gasteiger charge is -2.33. The van der Waals surface area contributed by atoms with Crippen LogP contribution in [0.5, 0.6) is 0 Å². The fourth-order valence-corrected chi connectivity index (χ4v) is 11.9. The van der Waals surface area contributed by atoms with E-state index >= 15 is 0 Å². The quantitative estimate of drug-likeness (QED) is 0.0569. The van der Waals surface area contributed by atoms with Crippen molar-refractivity contribution in [1.29, 1.82) is 0 Å². The molecule has 92 heavy (non-hydrogen) atoms. The van der Waals surface area contributed by atoms with E-state index in [0.29, 0.717) is 39.2 Å². The number of aliphatic hydroxyl groups excluding tert-OH is 2. The molecule has 7 rings (SSSR count). The lowest BCUT2D eigenvalue weighted by atomic mass is 9.94. The molecule has 5 heterocycles. The highest BCUT2D eigenvalue weighted by Crippen LogP contribution is 2.32. The Morgan fingerprint density at radius 1 is 0.717 bits per heavy atom. The summed E-state index contributed by atoms with van der Waals surface area (Å²) in [6.45, 7) is 7.02. The summed E-state index contributed by atoms with van der Waals surface area (Å²) in [4.78, 5) is 197. The van der Waals surface area contributed by atoms with E-state index in [0.717, 1.165) is 33.7 Å². The minimum Gasteiger partial charge on any atom is -0.394 e. The zero-order valence-corrected chi connectivity index (χ0v) is 52.6. The number of aromatic nitrogens is 1. The fourth-order valence-electron chi connectivity index (χ4n) is 10.7. The summed E-state index contributed by atoms with van der Waals surface area (Å²) in [6, 6.07) is 1.98. The maximum atomic E-state index is 15.0. The van der Waals surface area contributed by atoms with E-state index in [2.05, 4.69) is 63.5 Å². The average molecular weight is 1300 g/mol. The molecule has 30 nitrogen and oxygen atoms in total. The highest BCUT2D eigenvalue weighted by Gasteiger charge is 2.43. The standard InChI is InChI=1S/C61H80N14O16S/c1-7-31(4)51-57(88)64-26-46(80)67-41-29-92-60-37(36-11-8-9-12-38(36)70-60)23-39(54(85)63-27-47(81)72-51)68-59(90)52(32(5)43(77)28-76)73-56(87)42-13-10-21-74(42)61(91)40(69-55(41)86)24-45(79)62-25-34-14-16-35(17-15-34)66-53(84)33(6)65-58(89)50(30(2)3)71-44(78)20-22-75-48(82)18-19-49(75)83/h8-9,11-12,14-19,30-33,39-43,50-52,70,76-77H,7,10,13,20-29H2,1-6H3,(H,62,79)(H,63,85)(H,64,88)(H,65,89)(H,66,84)(H,67,80)(H,68,90)(H,69,86)(H,71,78)(H,72,81)(H,73,87)/t31-,32-,33-,39+,40-,41-,42-,43-,50?,51-,52-/m0/s1. The van der Waals surface area contributed by atoms with Crippen LogP contribution in [0.2, 0.25) is 0 Å². The number of carbonyl (C=O) groups is 14. The number of imide groups is 1. The minimum absolute atomic E-state index is 0.0298. The zero-order valence-electron chi connectivity index (χ0n) is 51.8. The molecule has 1 fully saturated rings. The van der Waals surface area contributed by atoms with Crippen LogP contribution in [-0.4, -0.2) is 201 Å². The molecule has 0 spiro atoms. The third-order valence-electron chi connectivity index (χ3n) is 16.5. The van der Waals surface area contributed by atoms with Crippen molar-refractivity contribution in [2.24, 2.45) is 17.8 Å². The Morgan fingerprint density at radius 3 is 2.07 bits per heavy atom. The van der Waals surface area contributed by atoms with Crippen molar-refractivity contribution in [2.75, 3.05) is 43.9 Å². The van der Waals surface area contributed by atoms with Gasteiger partial charge in [0.2, 0.25) is 70.9 Å². The predicted molar refractivity (Wildman–Crippen MR) is 331 cm³/mol. The summed E-state index contributed by atoms with van der Waals surface area (Å²) in [5.74, 6) is -13.2. The lowest BCUT2D eigenvalue weighted by Crippen LogP contribution is -2.62. The lowest BCUT2D eigenvalue weighted by molar-refractivity contribution is -0.144. The van der Waals surface area contributed by atoms with E-state index in [1.54, 1.807) is 64.1 Å². The number of amides is 14. The van der Waals surface area contributed by atoms with Crippen LogP contribution in [0, 0.1) is 17.8 Å². The Hall–Kier alpha value is -9.23. The highest BCUT2D eigenvalue weighted by atomic mass is 32.2.